The monoisotopic (exact) mass is 328 g/mol. The molecular formula is C14H20N2O5S. The summed E-state index contributed by atoms with van der Waals surface area (Å²) in [5.74, 6) is -0.118. The van der Waals surface area contributed by atoms with Crippen molar-refractivity contribution in [1.29, 1.82) is 0 Å². The fourth-order valence-electron chi connectivity index (χ4n) is 2.23. The molecule has 0 radical (unpaired) electrons. The third-order valence-electron chi connectivity index (χ3n) is 3.64. The number of hydrogen-bond donors (Lipinski definition) is 2. The maximum atomic E-state index is 12.4. The Morgan fingerprint density at radius 3 is 2.59 bits per heavy atom. The highest BCUT2D eigenvalue weighted by molar-refractivity contribution is 7.89. The minimum absolute atomic E-state index is 0.0206. The van der Waals surface area contributed by atoms with Crippen molar-refractivity contribution < 1.29 is 22.7 Å². The van der Waals surface area contributed by atoms with Gasteiger partial charge in [0.15, 0.2) is 0 Å². The lowest BCUT2D eigenvalue weighted by molar-refractivity contribution is 0.0597. The maximum Gasteiger partial charge on any atom is 0.341 e. The van der Waals surface area contributed by atoms with Crippen LogP contribution in [0.1, 0.15) is 23.2 Å². The van der Waals surface area contributed by atoms with Crippen molar-refractivity contribution in [1.82, 2.24) is 4.72 Å². The summed E-state index contributed by atoms with van der Waals surface area (Å²) in [7, 11) is -1.14. The molecule has 1 atom stereocenters. The van der Waals surface area contributed by atoms with Gasteiger partial charge in [0.2, 0.25) is 10.0 Å². The Morgan fingerprint density at radius 1 is 1.41 bits per heavy atom. The van der Waals surface area contributed by atoms with Gasteiger partial charge in [0.1, 0.15) is 11.3 Å². The highest BCUT2D eigenvalue weighted by Gasteiger charge is 2.33. The van der Waals surface area contributed by atoms with Gasteiger partial charge in [0.05, 0.1) is 19.1 Å². The molecule has 0 saturated heterocycles. The molecule has 7 nitrogen and oxygen atoms in total. The predicted octanol–water partition coefficient (Wildman–Crippen LogP) is 0.497. The van der Waals surface area contributed by atoms with Crippen molar-refractivity contribution in [2.75, 3.05) is 20.8 Å². The van der Waals surface area contributed by atoms with Crippen LogP contribution in [0.15, 0.2) is 23.1 Å². The summed E-state index contributed by atoms with van der Waals surface area (Å²) < 4.78 is 37.2. The van der Waals surface area contributed by atoms with Crippen molar-refractivity contribution in [3.05, 3.63) is 23.8 Å². The third-order valence-corrected chi connectivity index (χ3v) is 5.13. The smallest absolute Gasteiger partial charge is 0.341 e. The summed E-state index contributed by atoms with van der Waals surface area (Å²) in [4.78, 5) is 11.7. The van der Waals surface area contributed by atoms with E-state index in [2.05, 4.69) is 9.46 Å². The molecule has 22 heavy (non-hydrogen) atoms. The summed E-state index contributed by atoms with van der Waals surface area (Å²) >= 11 is 0. The van der Waals surface area contributed by atoms with Gasteiger partial charge in [-0.05, 0) is 37.0 Å². The predicted molar refractivity (Wildman–Crippen MR) is 80.2 cm³/mol. The molecule has 1 aliphatic rings. The molecule has 1 saturated carbocycles. The summed E-state index contributed by atoms with van der Waals surface area (Å²) in [6.07, 6.45) is 1.95. The van der Waals surface area contributed by atoms with Crippen LogP contribution in [0.3, 0.4) is 0 Å². The molecule has 0 aromatic heterocycles. The normalized spacial score (nSPS) is 16.1. The second-order valence-corrected chi connectivity index (χ2v) is 6.87. The minimum Gasteiger partial charge on any atom is -0.496 e. The van der Waals surface area contributed by atoms with Crippen LogP contribution in [0.2, 0.25) is 0 Å². The first-order chi connectivity index (χ1) is 10.4. The van der Waals surface area contributed by atoms with Crippen molar-refractivity contribution in [2.24, 2.45) is 11.7 Å². The average molecular weight is 328 g/mol. The lowest BCUT2D eigenvalue weighted by atomic mass is 10.2. The standard InChI is InChI=1S/C14H20N2O5S/c1-20-13-6-5-10(7-11(13)14(17)21-2)22(18,19)16-12(8-15)9-3-4-9/h5-7,9,12,16H,3-4,8,15H2,1-2H3. The summed E-state index contributed by atoms with van der Waals surface area (Å²) in [6, 6.07) is 3.77. The van der Waals surface area contributed by atoms with Crippen LogP contribution in [-0.2, 0) is 14.8 Å². The van der Waals surface area contributed by atoms with Crippen LogP contribution in [0.5, 0.6) is 5.75 Å². The van der Waals surface area contributed by atoms with E-state index in [-0.39, 0.29) is 34.7 Å². The lowest BCUT2D eigenvalue weighted by Crippen LogP contribution is -2.41. The van der Waals surface area contributed by atoms with Gasteiger partial charge in [-0.25, -0.2) is 17.9 Å². The number of esters is 1. The van der Waals surface area contributed by atoms with E-state index in [1.165, 1.54) is 32.4 Å². The fourth-order valence-corrected chi connectivity index (χ4v) is 3.57. The molecule has 0 aliphatic heterocycles. The lowest BCUT2D eigenvalue weighted by Gasteiger charge is -2.17. The largest absolute Gasteiger partial charge is 0.496 e. The van der Waals surface area contributed by atoms with Crippen molar-refractivity contribution in [3.8, 4) is 5.75 Å². The summed E-state index contributed by atoms with van der Waals surface area (Å²) in [5.41, 5.74) is 5.68. The van der Waals surface area contributed by atoms with E-state index in [0.29, 0.717) is 0 Å². The van der Waals surface area contributed by atoms with Crippen LogP contribution < -0.4 is 15.2 Å². The van der Waals surface area contributed by atoms with Gasteiger partial charge >= 0.3 is 5.97 Å². The Morgan fingerprint density at radius 2 is 2.09 bits per heavy atom. The summed E-state index contributed by atoms with van der Waals surface area (Å²) in [6.45, 7) is 0.240. The number of rotatable bonds is 7. The third kappa shape index (κ3) is 3.57. The first-order valence-electron chi connectivity index (χ1n) is 6.91. The number of nitrogens with two attached hydrogens (primary N) is 1. The van der Waals surface area contributed by atoms with E-state index in [1.54, 1.807) is 0 Å². The van der Waals surface area contributed by atoms with E-state index in [4.69, 9.17) is 10.5 Å². The Labute approximate surface area is 129 Å². The minimum atomic E-state index is -3.76. The first kappa shape index (κ1) is 16.7. The van der Waals surface area contributed by atoms with E-state index in [0.717, 1.165) is 12.8 Å². The molecule has 1 aliphatic carbocycles. The molecule has 0 heterocycles. The SMILES string of the molecule is COC(=O)c1cc(S(=O)(=O)NC(CN)C2CC2)ccc1OC. The number of carbonyl (C=O) groups excluding carboxylic acids is 1. The second-order valence-electron chi connectivity index (χ2n) is 5.15. The van der Waals surface area contributed by atoms with Crippen LogP contribution in [0.4, 0.5) is 0 Å². The molecule has 1 unspecified atom stereocenters. The van der Waals surface area contributed by atoms with Crippen molar-refractivity contribution >= 4 is 16.0 Å². The van der Waals surface area contributed by atoms with Gasteiger partial charge in [-0.3, -0.25) is 0 Å². The van der Waals surface area contributed by atoms with Crippen molar-refractivity contribution in [3.63, 3.8) is 0 Å². The Kier molecular flexibility index (Phi) is 5.05. The average Bonchev–Trinajstić information content (AvgIpc) is 3.35. The van der Waals surface area contributed by atoms with E-state index in [9.17, 15) is 13.2 Å². The Bertz CT molecular complexity index is 655. The zero-order chi connectivity index (χ0) is 16.3. The van der Waals surface area contributed by atoms with E-state index < -0.39 is 16.0 Å². The number of hydrogen-bond acceptors (Lipinski definition) is 6. The fraction of sp³-hybridized carbons (Fsp3) is 0.500. The van der Waals surface area contributed by atoms with Crippen LogP contribution >= 0.6 is 0 Å². The number of benzene rings is 1. The summed E-state index contributed by atoms with van der Waals surface area (Å²) in [5, 5.41) is 0. The molecule has 122 valence electrons. The number of ether oxygens (including phenoxy) is 2. The molecule has 1 aromatic rings. The van der Waals surface area contributed by atoms with Gasteiger partial charge in [0, 0.05) is 12.6 Å². The van der Waals surface area contributed by atoms with Crippen molar-refractivity contribution in [2.45, 2.75) is 23.8 Å². The van der Waals surface area contributed by atoms with Crippen LogP contribution in [-0.4, -0.2) is 41.2 Å². The highest BCUT2D eigenvalue weighted by Crippen LogP contribution is 2.33. The first-order valence-corrected chi connectivity index (χ1v) is 8.40. The zero-order valence-electron chi connectivity index (χ0n) is 12.5. The molecule has 0 spiro atoms. The highest BCUT2D eigenvalue weighted by atomic mass is 32.2. The Hall–Kier alpha value is -1.64. The second kappa shape index (κ2) is 6.64. The van der Waals surface area contributed by atoms with Gasteiger partial charge in [-0.15, -0.1) is 0 Å². The number of methoxy groups -OCH3 is 2. The number of nitrogens with one attached hydrogen (secondary N) is 1. The van der Waals surface area contributed by atoms with Gasteiger partial charge in [0.25, 0.3) is 0 Å². The molecular weight excluding hydrogens is 308 g/mol. The molecule has 1 aromatic carbocycles. The van der Waals surface area contributed by atoms with E-state index in [1.807, 2.05) is 0 Å². The quantitative estimate of drug-likeness (QED) is 0.706. The maximum absolute atomic E-state index is 12.4. The van der Waals surface area contributed by atoms with Gasteiger partial charge < -0.3 is 15.2 Å². The topological polar surface area (TPSA) is 108 Å². The van der Waals surface area contributed by atoms with Gasteiger partial charge in [-0.1, -0.05) is 0 Å². The van der Waals surface area contributed by atoms with Crippen LogP contribution in [0.25, 0.3) is 0 Å². The molecule has 0 bridgehead atoms. The molecule has 1 fully saturated rings. The molecule has 0 amide bonds. The number of carbonyl (C=O) groups is 1. The van der Waals surface area contributed by atoms with Gasteiger partial charge in [-0.2, -0.15) is 0 Å². The molecule has 8 heteroatoms. The Balaban J connectivity index is 2.32. The van der Waals surface area contributed by atoms with Crippen LogP contribution in [0, 0.1) is 5.92 Å². The molecule has 3 N–H and O–H groups in total. The zero-order valence-corrected chi connectivity index (χ0v) is 13.4. The van der Waals surface area contributed by atoms with E-state index >= 15 is 0 Å². The molecule has 2 rings (SSSR count). The number of sulfonamides is 1.